The van der Waals surface area contributed by atoms with Gasteiger partial charge in [0, 0.05) is 30.5 Å². The Labute approximate surface area is 148 Å². The van der Waals surface area contributed by atoms with E-state index in [1.807, 2.05) is 23.3 Å². The van der Waals surface area contributed by atoms with Gasteiger partial charge in [-0.1, -0.05) is 24.6 Å². The molecule has 3 heterocycles. The average Bonchev–Trinajstić information content (AvgIpc) is 3.32. The predicted octanol–water partition coefficient (Wildman–Crippen LogP) is 3.21. The summed E-state index contributed by atoms with van der Waals surface area (Å²) in [6, 6.07) is 10.6. The van der Waals surface area contributed by atoms with Gasteiger partial charge in [0.1, 0.15) is 6.33 Å². The molecule has 0 radical (unpaired) electrons. The largest absolute Gasteiger partial charge is 0.289 e. The van der Waals surface area contributed by atoms with E-state index in [2.05, 4.69) is 62.1 Å². The predicted molar refractivity (Wildman–Crippen MR) is 96.3 cm³/mol. The molecule has 0 saturated carbocycles. The van der Waals surface area contributed by atoms with Crippen LogP contribution < -0.4 is 0 Å². The first-order chi connectivity index (χ1) is 12.3. The van der Waals surface area contributed by atoms with Crippen LogP contribution in [0.1, 0.15) is 43.6 Å². The number of benzene rings is 1. The standard InChI is InChI=1S/C19H24N6/c1-2-24-14-16(12-21-24)13-23-11-7-6-10-18(23)19-22-20-15-25(19)17-8-4-3-5-9-17/h3-5,8-9,12,14-15,18H,2,6-7,10-11,13H2,1H3. The zero-order chi connectivity index (χ0) is 17.1. The van der Waals surface area contributed by atoms with E-state index in [0.717, 1.165) is 37.6 Å². The molecule has 0 aliphatic carbocycles. The minimum atomic E-state index is 0.293. The second-order valence-electron chi connectivity index (χ2n) is 6.58. The van der Waals surface area contributed by atoms with E-state index in [0.29, 0.717) is 6.04 Å². The molecular formula is C19H24N6. The van der Waals surface area contributed by atoms with E-state index in [1.165, 1.54) is 18.4 Å². The summed E-state index contributed by atoms with van der Waals surface area (Å²) in [4.78, 5) is 2.52. The molecule has 4 rings (SSSR count). The van der Waals surface area contributed by atoms with Crippen LogP contribution in [0.5, 0.6) is 0 Å². The molecule has 1 fully saturated rings. The summed E-state index contributed by atoms with van der Waals surface area (Å²) in [7, 11) is 0. The summed E-state index contributed by atoms with van der Waals surface area (Å²) in [6.07, 6.45) is 9.54. The van der Waals surface area contributed by atoms with Crippen molar-refractivity contribution in [2.24, 2.45) is 0 Å². The number of hydrogen-bond acceptors (Lipinski definition) is 4. The van der Waals surface area contributed by atoms with Crippen LogP contribution in [-0.4, -0.2) is 36.0 Å². The van der Waals surface area contributed by atoms with Crippen LogP contribution in [-0.2, 0) is 13.1 Å². The number of aromatic nitrogens is 5. The summed E-state index contributed by atoms with van der Waals surface area (Å²) >= 11 is 0. The van der Waals surface area contributed by atoms with Gasteiger partial charge in [-0.2, -0.15) is 5.10 Å². The fourth-order valence-corrected chi connectivity index (χ4v) is 3.63. The van der Waals surface area contributed by atoms with Crippen LogP contribution in [0.15, 0.2) is 49.1 Å². The molecule has 6 nitrogen and oxygen atoms in total. The fraction of sp³-hybridized carbons (Fsp3) is 0.421. The van der Waals surface area contributed by atoms with Gasteiger partial charge in [-0.05, 0) is 38.4 Å². The Kier molecular flexibility index (Phi) is 4.61. The molecule has 130 valence electrons. The highest BCUT2D eigenvalue weighted by atomic mass is 15.3. The van der Waals surface area contributed by atoms with E-state index >= 15 is 0 Å². The van der Waals surface area contributed by atoms with Gasteiger partial charge in [-0.25, -0.2) is 0 Å². The number of aryl methyl sites for hydroxylation is 1. The fourth-order valence-electron chi connectivity index (χ4n) is 3.63. The molecule has 0 amide bonds. The third-order valence-corrected chi connectivity index (χ3v) is 4.92. The van der Waals surface area contributed by atoms with Crippen molar-refractivity contribution in [1.29, 1.82) is 0 Å². The summed E-state index contributed by atoms with van der Waals surface area (Å²) in [5.74, 6) is 1.04. The Morgan fingerprint density at radius 3 is 2.84 bits per heavy atom. The normalized spacial score (nSPS) is 18.5. The third kappa shape index (κ3) is 3.35. The lowest BCUT2D eigenvalue weighted by molar-refractivity contribution is 0.132. The average molecular weight is 336 g/mol. The second kappa shape index (κ2) is 7.19. The smallest absolute Gasteiger partial charge is 0.154 e. The van der Waals surface area contributed by atoms with Gasteiger partial charge in [0.15, 0.2) is 5.82 Å². The summed E-state index contributed by atoms with van der Waals surface area (Å²) < 4.78 is 4.11. The van der Waals surface area contributed by atoms with Crippen molar-refractivity contribution in [2.75, 3.05) is 6.54 Å². The maximum Gasteiger partial charge on any atom is 0.154 e. The summed E-state index contributed by atoms with van der Waals surface area (Å²) in [5.41, 5.74) is 2.38. The van der Waals surface area contributed by atoms with Crippen molar-refractivity contribution in [3.63, 3.8) is 0 Å². The highest BCUT2D eigenvalue weighted by Crippen LogP contribution is 2.32. The number of nitrogens with zero attached hydrogens (tertiary/aromatic N) is 6. The first kappa shape index (κ1) is 16.0. The molecule has 1 aromatic carbocycles. The van der Waals surface area contributed by atoms with Crippen molar-refractivity contribution in [1.82, 2.24) is 29.4 Å². The van der Waals surface area contributed by atoms with Gasteiger partial charge in [-0.15, -0.1) is 10.2 Å². The van der Waals surface area contributed by atoms with Crippen LogP contribution in [0.3, 0.4) is 0 Å². The van der Waals surface area contributed by atoms with E-state index < -0.39 is 0 Å². The molecule has 6 heteroatoms. The lowest BCUT2D eigenvalue weighted by atomic mass is 10.0. The quantitative estimate of drug-likeness (QED) is 0.718. The molecule has 3 aromatic rings. The highest BCUT2D eigenvalue weighted by molar-refractivity contribution is 5.32. The molecule has 1 unspecified atom stereocenters. The Bertz CT molecular complexity index is 806. The molecule has 2 aromatic heterocycles. The van der Waals surface area contributed by atoms with E-state index in [4.69, 9.17) is 0 Å². The monoisotopic (exact) mass is 336 g/mol. The van der Waals surface area contributed by atoms with Crippen molar-refractivity contribution < 1.29 is 0 Å². The van der Waals surface area contributed by atoms with Crippen LogP contribution in [0.2, 0.25) is 0 Å². The lowest BCUT2D eigenvalue weighted by Crippen LogP contribution is -2.34. The van der Waals surface area contributed by atoms with Crippen LogP contribution in [0, 0.1) is 0 Å². The number of para-hydroxylation sites is 1. The van der Waals surface area contributed by atoms with Gasteiger partial charge in [0.2, 0.25) is 0 Å². The molecular weight excluding hydrogens is 312 g/mol. The maximum atomic E-state index is 4.48. The Morgan fingerprint density at radius 2 is 2.04 bits per heavy atom. The van der Waals surface area contributed by atoms with Crippen molar-refractivity contribution in [3.8, 4) is 5.69 Å². The molecule has 1 aliphatic rings. The van der Waals surface area contributed by atoms with Crippen molar-refractivity contribution >= 4 is 0 Å². The van der Waals surface area contributed by atoms with Crippen molar-refractivity contribution in [2.45, 2.75) is 45.3 Å². The second-order valence-corrected chi connectivity index (χ2v) is 6.58. The SMILES string of the molecule is CCn1cc(CN2CCCCC2c2nncn2-c2ccccc2)cn1. The maximum absolute atomic E-state index is 4.48. The topological polar surface area (TPSA) is 51.8 Å². The number of likely N-dealkylation sites (tertiary alicyclic amines) is 1. The first-order valence-electron chi connectivity index (χ1n) is 9.06. The van der Waals surface area contributed by atoms with Crippen LogP contribution in [0.4, 0.5) is 0 Å². The summed E-state index contributed by atoms with van der Waals surface area (Å²) in [5, 5.41) is 13.1. The molecule has 0 spiro atoms. The van der Waals surface area contributed by atoms with Gasteiger partial charge < -0.3 is 0 Å². The first-order valence-corrected chi connectivity index (χ1v) is 9.06. The van der Waals surface area contributed by atoms with Gasteiger partial charge in [0.25, 0.3) is 0 Å². The Balaban J connectivity index is 1.60. The van der Waals surface area contributed by atoms with Gasteiger partial charge in [0.05, 0.1) is 12.2 Å². The number of rotatable bonds is 5. The van der Waals surface area contributed by atoms with Crippen molar-refractivity contribution in [3.05, 3.63) is 60.4 Å². The number of hydrogen-bond donors (Lipinski definition) is 0. The highest BCUT2D eigenvalue weighted by Gasteiger charge is 2.28. The zero-order valence-corrected chi connectivity index (χ0v) is 14.6. The third-order valence-electron chi connectivity index (χ3n) is 4.92. The molecule has 1 saturated heterocycles. The van der Waals surface area contributed by atoms with E-state index in [1.54, 1.807) is 0 Å². The molecule has 1 aliphatic heterocycles. The van der Waals surface area contributed by atoms with Gasteiger partial charge >= 0.3 is 0 Å². The Morgan fingerprint density at radius 1 is 1.16 bits per heavy atom. The Hall–Kier alpha value is -2.47. The molecule has 0 bridgehead atoms. The van der Waals surface area contributed by atoms with E-state index in [-0.39, 0.29) is 0 Å². The minimum Gasteiger partial charge on any atom is -0.289 e. The van der Waals surface area contributed by atoms with Gasteiger partial charge in [-0.3, -0.25) is 14.1 Å². The summed E-state index contributed by atoms with van der Waals surface area (Å²) in [6.45, 7) is 5.02. The lowest BCUT2D eigenvalue weighted by Gasteiger charge is -2.34. The van der Waals surface area contributed by atoms with Crippen LogP contribution in [0.25, 0.3) is 5.69 Å². The number of piperidine rings is 1. The molecule has 0 N–H and O–H groups in total. The van der Waals surface area contributed by atoms with E-state index in [9.17, 15) is 0 Å². The minimum absolute atomic E-state index is 0.293. The zero-order valence-electron chi connectivity index (χ0n) is 14.6. The van der Waals surface area contributed by atoms with Crippen LogP contribution >= 0.6 is 0 Å². The molecule has 25 heavy (non-hydrogen) atoms. The molecule has 1 atom stereocenters.